The molecule has 0 saturated carbocycles. The van der Waals surface area contributed by atoms with Gasteiger partial charge in [-0.25, -0.2) is 0 Å². The van der Waals surface area contributed by atoms with Crippen molar-refractivity contribution >= 4 is 10.9 Å². The molecule has 2 heterocycles. The fraction of sp³-hybridized carbons (Fsp3) is 0.529. The van der Waals surface area contributed by atoms with E-state index >= 15 is 0 Å². The lowest BCUT2D eigenvalue weighted by Gasteiger charge is -2.24. The number of alkyl halides is 2. The van der Waals surface area contributed by atoms with Crippen molar-refractivity contribution in [1.29, 1.82) is 0 Å². The van der Waals surface area contributed by atoms with Crippen LogP contribution >= 0.6 is 0 Å². The van der Waals surface area contributed by atoms with Gasteiger partial charge in [0.25, 0.3) is 0 Å². The molecular weight excluding hydrogens is 302 g/mol. The number of methoxy groups -OCH3 is 1. The van der Waals surface area contributed by atoms with Crippen LogP contribution in [-0.4, -0.2) is 49.3 Å². The number of nitrogens with zero attached hydrogens (tertiary/aromatic N) is 1. The van der Waals surface area contributed by atoms with Gasteiger partial charge in [0.2, 0.25) is 0 Å². The van der Waals surface area contributed by atoms with Crippen LogP contribution in [0.3, 0.4) is 0 Å². The molecule has 0 amide bonds. The van der Waals surface area contributed by atoms with Crippen molar-refractivity contribution in [3.63, 3.8) is 0 Å². The van der Waals surface area contributed by atoms with Crippen LogP contribution in [0.15, 0.2) is 24.4 Å². The molecule has 1 saturated heterocycles. The number of likely N-dealkylation sites (tertiary alicyclic amines) is 1. The van der Waals surface area contributed by atoms with Crippen LogP contribution in [0, 0.1) is 0 Å². The summed E-state index contributed by atoms with van der Waals surface area (Å²) in [5, 5.41) is 1.17. The number of halogens is 2. The molecule has 4 nitrogen and oxygen atoms in total. The smallest absolute Gasteiger partial charge is 0.345 e. The standard InChI is InChI=1S/C17H22F2N2O2/c1-22-14-4-5-16-15(10-14)12(11-20-16)9-13-3-2-6-21(13)7-8-23-17(18)19/h4-5,10-11,13,17,20H,2-3,6-9H2,1H3/t13-/m1/s1. The van der Waals surface area contributed by atoms with Crippen molar-refractivity contribution in [3.8, 4) is 5.75 Å². The molecule has 0 spiro atoms. The van der Waals surface area contributed by atoms with Crippen molar-refractivity contribution in [1.82, 2.24) is 9.88 Å². The first-order valence-corrected chi connectivity index (χ1v) is 7.95. The Labute approximate surface area is 134 Å². The zero-order valence-electron chi connectivity index (χ0n) is 13.2. The molecule has 0 radical (unpaired) electrons. The quantitative estimate of drug-likeness (QED) is 0.848. The number of hydrogen-bond donors (Lipinski definition) is 1. The minimum absolute atomic E-state index is 0.0792. The molecule has 3 rings (SSSR count). The first-order valence-electron chi connectivity index (χ1n) is 7.95. The summed E-state index contributed by atoms with van der Waals surface area (Å²) in [7, 11) is 1.66. The largest absolute Gasteiger partial charge is 0.497 e. The fourth-order valence-corrected chi connectivity index (χ4v) is 3.39. The Balaban J connectivity index is 1.68. The summed E-state index contributed by atoms with van der Waals surface area (Å²) in [5.74, 6) is 0.840. The molecule has 2 aromatic rings. The monoisotopic (exact) mass is 324 g/mol. The van der Waals surface area contributed by atoms with Crippen LogP contribution in [0.4, 0.5) is 8.78 Å². The molecule has 0 unspecified atom stereocenters. The van der Waals surface area contributed by atoms with E-state index in [0.29, 0.717) is 12.6 Å². The van der Waals surface area contributed by atoms with Crippen LogP contribution in [0.5, 0.6) is 5.75 Å². The fourth-order valence-electron chi connectivity index (χ4n) is 3.39. The highest BCUT2D eigenvalue weighted by Crippen LogP contribution is 2.28. The molecule has 6 heteroatoms. The van der Waals surface area contributed by atoms with Crippen LogP contribution < -0.4 is 4.74 Å². The van der Waals surface area contributed by atoms with Gasteiger partial charge in [-0.1, -0.05) is 0 Å². The van der Waals surface area contributed by atoms with Crippen LogP contribution in [0.2, 0.25) is 0 Å². The van der Waals surface area contributed by atoms with Crippen molar-refractivity contribution in [2.45, 2.75) is 31.9 Å². The molecule has 1 aromatic carbocycles. The minimum Gasteiger partial charge on any atom is -0.497 e. The van der Waals surface area contributed by atoms with Gasteiger partial charge >= 0.3 is 6.61 Å². The average Bonchev–Trinajstić information content (AvgIpc) is 3.14. The number of benzene rings is 1. The maximum atomic E-state index is 12.1. The zero-order chi connectivity index (χ0) is 16.2. The van der Waals surface area contributed by atoms with Crippen LogP contribution in [0.1, 0.15) is 18.4 Å². The average molecular weight is 324 g/mol. The second-order valence-electron chi connectivity index (χ2n) is 5.89. The van der Waals surface area contributed by atoms with E-state index in [1.165, 1.54) is 10.9 Å². The molecule has 1 N–H and O–H groups in total. The van der Waals surface area contributed by atoms with Gasteiger partial charge in [0.05, 0.1) is 13.7 Å². The van der Waals surface area contributed by atoms with E-state index in [1.807, 2.05) is 24.4 Å². The van der Waals surface area contributed by atoms with Gasteiger partial charge in [-0.15, -0.1) is 0 Å². The highest BCUT2D eigenvalue weighted by Gasteiger charge is 2.25. The third-order valence-electron chi connectivity index (χ3n) is 4.55. The lowest BCUT2D eigenvalue weighted by molar-refractivity contribution is -0.132. The van der Waals surface area contributed by atoms with Crippen LogP contribution in [0.25, 0.3) is 10.9 Å². The van der Waals surface area contributed by atoms with E-state index < -0.39 is 6.61 Å². The first-order chi connectivity index (χ1) is 11.2. The molecule has 1 aromatic heterocycles. The summed E-state index contributed by atoms with van der Waals surface area (Å²) in [6.45, 7) is -1.10. The minimum atomic E-state index is -2.68. The van der Waals surface area contributed by atoms with Crippen molar-refractivity contribution in [2.24, 2.45) is 0 Å². The highest BCUT2D eigenvalue weighted by molar-refractivity contribution is 5.84. The number of fused-ring (bicyclic) bond motifs is 1. The molecular formula is C17H22F2N2O2. The first kappa shape index (κ1) is 16.2. The number of rotatable bonds is 7. The number of H-pyrrole nitrogens is 1. The normalized spacial score (nSPS) is 19.0. The SMILES string of the molecule is COc1ccc2[nH]cc(C[C@H]3CCCN3CCOC(F)F)c2c1. The summed E-state index contributed by atoms with van der Waals surface area (Å²) >= 11 is 0. The zero-order valence-corrected chi connectivity index (χ0v) is 13.2. The van der Waals surface area contributed by atoms with Gasteiger partial charge < -0.3 is 14.5 Å². The molecule has 126 valence electrons. The Morgan fingerprint density at radius 1 is 1.39 bits per heavy atom. The third kappa shape index (κ3) is 3.82. The third-order valence-corrected chi connectivity index (χ3v) is 4.55. The molecule has 1 atom stereocenters. The number of ether oxygens (including phenoxy) is 2. The molecule has 1 fully saturated rings. The van der Waals surface area contributed by atoms with Gasteiger partial charge in [0.15, 0.2) is 0 Å². The van der Waals surface area contributed by atoms with Crippen LogP contribution in [-0.2, 0) is 11.2 Å². The van der Waals surface area contributed by atoms with Crippen molar-refractivity contribution < 1.29 is 18.3 Å². The number of aromatic amines is 1. The number of hydrogen-bond acceptors (Lipinski definition) is 3. The Bertz CT molecular complexity index is 645. The van der Waals surface area contributed by atoms with E-state index in [0.717, 1.165) is 37.1 Å². The number of aromatic nitrogens is 1. The van der Waals surface area contributed by atoms with E-state index in [-0.39, 0.29) is 6.61 Å². The van der Waals surface area contributed by atoms with E-state index in [1.54, 1.807) is 7.11 Å². The Hall–Kier alpha value is -1.66. The molecule has 23 heavy (non-hydrogen) atoms. The topological polar surface area (TPSA) is 37.5 Å². The number of nitrogens with one attached hydrogen (secondary N) is 1. The molecule has 1 aliphatic heterocycles. The summed E-state index contributed by atoms with van der Waals surface area (Å²) in [4.78, 5) is 5.54. The summed E-state index contributed by atoms with van der Waals surface area (Å²) in [6.07, 6.45) is 5.13. The van der Waals surface area contributed by atoms with Gasteiger partial charge in [-0.05, 0) is 49.6 Å². The van der Waals surface area contributed by atoms with E-state index in [2.05, 4.69) is 14.6 Å². The van der Waals surface area contributed by atoms with Gasteiger partial charge in [-0.2, -0.15) is 8.78 Å². The second-order valence-corrected chi connectivity index (χ2v) is 5.89. The van der Waals surface area contributed by atoms with Gasteiger partial charge in [-0.3, -0.25) is 4.90 Å². The summed E-state index contributed by atoms with van der Waals surface area (Å²) in [5.41, 5.74) is 2.33. The maximum absolute atomic E-state index is 12.1. The van der Waals surface area contributed by atoms with Gasteiger partial charge in [0.1, 0.15) is 5.75 Å². The Kier molecular flexibility index (Phi) is 5.13. The van der Waals surface area contributed by atoms with Crippen molar-refractivity contribution in [3.05, 3.63) is 30.0 Å². The summed E-state index contributed by atoms with van der Waals surface area (Å²) < 4.78 is 33.9. The predicted molar refractivity (Wildman–Crippen MR) is 85.1 cm³/mol. The van der Waals surface area contributed by atoms with E-state index in [4.69, 9.17) is 4.74 Å². The Morgan fingerprint density at radius 2 is 2.26 bits per heavy atom. The van der Waals surface area contributed by atoms with Gasteiger partial charge in [0, 0.05) is 29.7 Å². The molecule has 0 aliphatic carbocycles. The maximum Gasteiger partial charge on any atom is 0.345 e. The summed E-state index contributed by atoms with van der Waals surface area (Å²) in [6, 6.07) is 6.37. The molecule has 0 bridgehead atoms. The lowest BCUT2D eigenvalue weighted by Crippen LogP contribution is -2.34. The molecule has 1 aliphatic rings. The van der Waals surface area contributed by atoms with Crippen molar-refractivity contribution in [2.75, 3.05) is 26.8 Å². The van der Waals surface area contributed by atoms with E-state index in [9.17, 15) is 8.78 Å². The second kappa shape index (κ2) is 7.27. The Morgan fingerprint density at radius 3 is 3.04 bits per heavy atom. The predicted octanol–water partition coefficient (Wildman–Crippen LogP) is 3.42. The highest BCUT2D eigenvalue weighted by atomic mass is 19.3. The lowest BCUT2D eigenvalue weighted by atomic mass is 10.0.